The first-order valence-electron chi connectivity index (χ1n) is 10.0. The van der Waals surface area contributed by atoms with E-state index in [9.17, 15) is 13.2 Å². The maximum Gasteiger partial charge on any atom is 0.265 e. The Bertz CT molecular complexity index is 1140. The highest BCUT2D eigenvalue weighted by Crippen LogP contribution is 2.21. The molecule has 3 aromatic carbocycles. The number of anilines is 2. The molecule has 0 unspecified atom stereocenters. The van der Waals surface area contributed by atoms with Crippen molar-refractivity contribution in [3.63, 3.8) is 0 Å². The number of aryl methyl sites for hydroxylation is 2. The van der Waals surface area contributed by atoms with Crippen molar-refractivity contribution in [1.82, 2.24) is 0 Å². The number of ether oxygens (including phenoxy) is 1. The summed E-state index contributed by atoms with van der Waals surface area (Å²) in [5.41, 5.74) is 3.04. The Labute approximate surface area is 183 Å². The average Bonchev–Trinajstić information content (AvgIpc) is 2.76. The molecule has 0 bridgehead atoms. The molecule has 3 rings (SSSR count). The highest BCUT2D eigenvalue weighted by molar-refractivity contribution is 7.92. The predicted molar refractivity (Wildman–Crippen MR) is 123 cm³/mol. The van der Waals surface area contributed by atoms with Crippen molar-refractivity contribution in [3.8, 4) is 5.75 Å². The number of carbonyl (C=O) groups excluding carboxylic acids is 1. The van der Waals surface area contributed by atoms with Crippen LogP contribution in [0, 0.1) is 6.92 Å². The number of sulfonamides is 1. The van der Waals surface area contributed by atoms with Gasteiger partial charge in [-0.15, -0.1) is 0 Å². The molecule has 0 saturated heterocycles. The standard InChI is InChI=1S/C24H26N2O4S/c1-4-19-7-5-6-8-23(19)30-18(3)24(27)25-20-13-15-22(16-14-20)31(28,29)26-21-11-9-17(2)10-12-21/h5-16,18,26H,4H2,1-3H3,(H,25,27)/t18-/m1/s1. The Kier molecular flexibility index (Phi) is 6.97. The molecular weight excluding hydrogens is 412 g/mol. The van der Waals surface area contributed by atoms with Crippen molar-refractivity contribution in [2.75, 3.05) is 10.0 Å². The Morgan fingerprint density at radius 2 is 1.55 bits per heavy atom. The van der Waals surface area contributed by atoms with Crippen LogP contribution in [-0.4, -0.2) is 20.4 Å². The van der Waals surface area contributed by atoms with E-state index in [-0.39, 0.29) is 10.8 Å². The molecule has 0 fully saturated rings. The molecular formula is C24H26N2O4S. The van der Waals surface area contributed by atoms with Crippen molar-refractivity contribution >= 4 is 27.3 Å². The molecule has 1 amide bonds. The van der Waals surface area contributed by atoms with Gasteiger partial charge in [0.2, 0.25) is 0 Å². The van der Waals surface area contributed by atoms with E-state index < -0.39 is 16.1 Å². The van der Waals surface area contributed by atoms with Crippen LogP contribution in [-0.2, 0) is 21.2 Å². The fraction of sp³-hybridized carbons (Fsp3) is 0.208. The Morgan fingerprint density at radius 3 is 2.19 bits per heavy atom. The molecule has 31 heavy (non-hydrogen) atoms. The van der Waals surface area contributed by atoms with Crippen LogP contribution in [0.25, 0.3) is 0 Å². The second-order valence-corrected chi connectivity index (χ2v) is 8.89. The third kappa shape index (κ3) is 5.86. The SMILES string of the molecule is CCc1ccccc1O[C@H](C)C(=O)Nc1ccc(S(=O)(=O)Nc2ccc(C)cc2)cc1. The first kappa shape index (κ1) is 22.4. The number of para-hydroxylation sites is 1. The highest BCUT2D eigenvalue weighted by atomic mass is 32.2. The van der Waals surface area contributed by atoms with Crippen LogP contribution < -0.4 is 14.8 Å². The van der Waals surface area contributed by atoms with Crippen LogP contribution >= 0.6 is 0 Å². The van der Waals surface area contributed by atoms with Crippen LogP contribution in [0.5, 0.6) is 5.75 Å². The van der Waals surface area contributed by atoms with Crippen LogP contribution in [0.15, 0.2) is 77.7 Å². The minimum absolute atomic E-state index is 0.104. The molecule has 0 saturated carbocycles. The van der Waals surface area contributed by atoms with Crippen molar-refractivity contribution < 1.29 is 17.9 Å². The number of hydrogen-bond acceptors (Lipinski definition) is 4. The van der Waals surface area contributed by atoms with E-state index in [1.807, 2.05) is 50.2 Å². The van der Waals surface area contributed by atoms with Crippen molar-refractivity contribution in [2.45, 2.75) is 38.2 Å². The Balaban J connectivity index is 1.64. The molecule has 2 N–H and O–H groups in total. The average molecular weight is 439 g/mol. The topological polar surface area (TPSA) is 84.5 Å². The van der Waals surface area contributed by atoms with E-state index in [2.05, 4.69) is 10.0 Å². The summed E-state index contributed by atoms with van der Waals surface area (Å²) in [6.07, 6.45) is 0.0937. The first-order chi connectivity index (χ1) is 14.8. The lowest BCUT2D eigenvalue weighted by molar-refractivity contribution is -0.122. The van der Waals surface area contributed by atoms with Gasteiger partial charge in [0.1, 0.15) is 5.75 Å². The zero-order chi connectivity index (χ0) is 22.4. The Morgan fingerprint density at radius 1 is 0.935 bits per heavy atom. The molecule has 0 heterocycles. The maximum atomic E-state index is 12.6. The Hall–Kier alpha value is -3.32. The largest absolute Gasteiger partial charge is 0.481 e. The summed E-state index contributed by atoms with van der Waals surface area (Å²) < 4.78 is 33.5. The summed E-state index contributed by atoms with van der Waals surface area (Å²) >= 11 is 0. The van der Waals surface area contributed by atoms with E-state index in [0.717, 1.165) is 17.5 Å². The normalized spacial score (nSPS) is 12.1. The quantitative estimate of drug-likeness (QED) is 0.531. The third-order valence-electron chi connectivity index (χ3n) is 4.76. The maximum absolute atomic E-state index is 12.6. The van der Waals surface area contributed by atoms with Gasteiger partial charge in [-0.25, -0.2) is 8.42 Å². The van der Waals surface area contributed by atoms with Crippen molar-refractivity contribution in [1.29, 1.82) is 0 Å². The molecule has 0 aromatic heterocycles. The molecule has 3 aromatic rings. The van der Waals surface area contributed by atoms with Gasteiger partial charge in [0, 0.05) is 11.4 Å². The number of amides is 1. The van der Waals surface area contributed by atoms with Crippen LogP contribution in [0.1, 0.15) is 25.0 Å². The van der Waals surface area contributed by atoms with Gasteiger partial charge in [0.15, 0.2) is 6.10 Å². The van der Waals surface area contributed by atoms with E-state index in [0.29, 0.717) is 17.1 Å². The molecule has 0 spiro atoms. The summed E-state index contributed by atoms with van der Waals surface area (Å²) in [5, 5.41) is 2.75. The lowest BCUT2D eigenvalue weighted by atomic mass is 10.1. The number of rotatable bonds is 8. The lowest BCUT2D eigenvalue weighted by Crippen LogP contribution is -2.30. The number of benzene rings is 3. The van der Waals surface area contributed by atoms with Crippen molar-refractivity contribution in [2.24, 2.45) is 0 Å². The number of hydrogen-bond donors (Lipinski definition) is 2. The first-order valence-corrected chi connectivity index (χ1v) is 11.5. The number of nitrogens with one attached hydrogen (secondary N) is 2. The van der Waals surface area contributed by atoms with Crippen LogP contribution in [0.4, 0.5) is 11.4 Å². The predicted octanol–water partition coefficient (Wildman–Crippen LogP) is 4.76. The van der Waals surface area contributed by atoms with Gasteiger partial charge >= 0.3 is 0 Å². The fourth-order valence-electron chi connectivity index (χ4n) is 2.95. The van der Waals surface area contributed by atoms with E-state index in [1.54, 1.807) is 31.2 Å². The van der Waals surface area contributed by atoms with Crippen LogP contribution in [0.2, 0.25) is 0 Å². The van der Waals surface area contributed by atoms with E-state index in [1.165, 1.54) is 12.1 Å². The van der Waals surface area contributed by atoms with Gasteiger partial charge < -0.3 is 10.1 Å². The van der Waals surface area contributed by atoms with Gasteiger partial charge in [-0.05, 0) is 68.3 Å². The van der Waals surface area contributed by atoms with Gasteiger partial charge in [-0.2, -0.15) is 0 Å². The molecule has 0 aliphatic rings. The van der Waals surface area contributed by atoms with Crippen LogP contribution in [0.3, 0.4) is 0 Å². The zero-order valence-electron chi connectivity index (χ0n) is 17.8. The molecule has 0 radical (unpaired) electrons. The summed E-state index contributed by atoms with van der Waals surface area (Å²) in [7, 11) is -3.72. The van der Waals surface area contributed by atoms with Gasteiger partial charge in [0.25, 0.3) is 15.9 Å². The number of carbonyl (C=O) groups is 1. The highest BCUT2D eigenvalue weighted by Gasteiger charge is 2.18. The molecule has 7 heteroatoms. The molecule has 0 aliphatic heterocycles. The molecule has 162 valence electrons. The summed E-state index contributed by atoms with van der Waals surface area (Å²) in [6.45, 7) is 5.63. The van der Waals surface area contributed by atoms with E-state index in [4.69, 9.17) is 4.74 Å². The van der Waals surface area contributed by atoms with E-state index >= 15 is 0 Å². The summed E-state index contributed by atoms with van der Waals surface area (Å²) in [6, 6.07) is 20.7. The minimum atomic E-state index is -3.72. The smallest absolute Gasteiger partial charge is 0.265 e. The van der Waals surface area contributed by atoms with Gasteiger partial charge in [0.05, 0.1) is 4.90 Å². The monoisotopic (exact) mass is 438 g/mol. The molecule has 1 atom stereocenters. The lowest BCUT2D eigenvalue weighted by Gasteiger charge is -2.17. The summed E-state index contributed by atoms with van der Waals surface area (Å²) in [4.78, 5) is 12.6. The van der Waals surface area contributed by atoms with Gasteiger partial charge in [-0.3, -0.25) is 9.52 Å². The fourth-order valence-corrected chi connectivity index (χ4v) is 4.01. The third-order valence-corrected chi connectivity index (χ3v) is 6.16. The van der Waals surface area contributed by atoms with Gasteiger partial charge in [-0.1, -0.05) is 42.8 Å². The molecule has 6 nitrogen and oxygen atoms in total. The molecule has 0 aliphatic carbocycles. The minimum Gasteiger partial charge on any atom is -0.481 e. The second-order valence-electron chi connectivity index (χ2n) is 7.21. The second kappa shape index (κ2) is 9.66. The zero-order valence-corrected chi connectivity index (χ0v) is 18.6. The summed E-state index contributed by atoms with van der Waals surface area (Å²) in [5.74, 6) is 0.357. The van der Waals surface area contributed by atoms with Crippen molar-refractivity contribution in [3.05, 3.63) is 83.9 Å².